The lowest BCUT2D eigenvalue weighted by Gasteiger charge is -2.33. The van der Waals surface area contributed by atoms with E-state index in [1.165, 1.54) is 24.0 Å². The summed E-state index contributed by atoms with van der Waals surface area (Å²) in [5.74, 6) is -0.494. The van der Waals surface area contributed by atoms with Gasteiger partial charge in [-0.25, -0.2) is 0 Å². The molecule has 1 aromatic carbocycles. The van der Waals surface area contributed by atoms with Crippen molar-refractivity contribution in [3.8, 4) is 5.75 Å². The summed E-state index contributed by atoms with van der Waals surface area (Å²) >= 11 is 0. The van der Waals surface area contributed by atoms with Gasteiger partial charge in [0.25, 0.3) is 5.91 Å². The van der Waals surface area contributed by atoms with Crippen molar-refractivity contribution in [2.75, 3.05) is 26.4 Å². The van der Waals surface area contributed by atoms with Crippen LogP contribution in [0, 0.1) is 5.41 Å². The zero-order valence-corrected chi connectivity index (χ0v) is 14.4. The zero-order chi connectivity index (χ0) is 17.7. The fourth-order valence-corrected chi connectivity index (χ4v) is 3.50. The van der Waals surface area contributed by atoms with E-state index >= 15 is 0 Å². The summed E-state index contributed by atoms with van der Waals surface area (Å²) in [6, 6.07) is 5.98. The van der Waals surface area contributed by atoms with Gasteiger partial charge in [0.05, 0.1) is 5.41 Å². The van der Waals surface area contributed by atoms with Crippen molar-refractivity contribution in [2.24, 2.45) is 5.41 Å². The third-order valence-electron chi connectivity index (χ3n) is 5.22. The quantitative estimate of drug-likeness (QED) is 0.821. The van der Waals surface area contributed by atoms with E-state index in [0.29, 0.717) is 31.8 Å². The minimum Gasteiger partial charge on any atom is -0.484 e. The Morgan fingerprint density at radius 3 is 2.60 bits per heavy atom. The topological polar surface area (TPSA) is 84.9 Å². The molecule has 0 unspecified atom stereocenters. The molecule has 136 valence electrons. The Labute approximate surface area is 147 Å². The third-order valence-corrected chi connectivity index (χ3v) is 5.22. The number of hydrogen-bond acceptors (Lipinski definition) is 4. The molecular formula is C19H25NO5. The molecule has 1 aromatic rings. The minimum absolute atomic E-state index is 0.106. The number of carbonyl (C=O) groups excluding carboxylic acids is 1. The van der Waals surface area contributed by atoms with Gasteiger partial charge in [-0.15, -0.1) is 0 Å². The summed E-state index contributed by atoms with van der Waals surface area (Å²) in [6.07, 6.45) is 5.41. The molecule has 0 spiro atoms. The first kappa shape index (κ1) is 17.7. The SMILES string of the molecule is O=C(COc1ccc2c(c1)CCCC2)NCC1(C(=O)O)CCOCC1. The van der Waals surface area contributed by atoms with Crippen LogP contribution >= 0.6 is 0 Å². The van der Waals surface area contributed by atoms with Gasteiger partial charge in [0.15, 0.2) is 6.61 Å². The molecule has 3 rings (SSSR count). The van der Waals surface area contributed by atoms with Crippen LogP contribution in [-0.2, 0) is 27.2 Å². The van der Waals surface area contributed by atoms with E-state index in [0.717, 1.165) is 12.8 Å². The van der Waals surface area contributed by atoms with E-state index < -0.39 is 11.4 Å². The summed E-state index contributed by atoms with van der Waals surface area (Å²) in [6.45, 7) is 0.824. The molecule has 25 heavy (non-hydrogen) atoms. The number of ether oxygens (including phenoxy) is 2. The number of aryl methyl sites for hydroxylation is 2. The fraction of sp³-hybridized carbons (Fsp3) is 0.579. The number of nitrogens with one attached hydrogen (secondary N) is 1. The molecule has 6 heteroatoms. The van der Waals surface area contributed by atoms with E-state index in [4.69, 9.17) is 9.47 Å². The molecule has 0 bridgehead atoms. The highest BCUT2D eigenvalue weighted by Crippen LogP contribution is 2.30. The summed E-state index contributed by atoms with van der Waals surface area (Å²) in [5, 5.41) is 12.2. The van der Waals surface area contributed by atoms with Crippen LogP contribution < -0.4 is 10.1 Å². The lowest BCUT2D eigenvalue weighted by Crippen LogP contribution is -2.47. The van der Waals surface area contributed by atoms with Crippen molar-refractivity contribution in [2.45, 2.75) is 38.5 Å². The van der Waals surface area contributed by atoms with E-state index in [-0.39, 0.29) is 19.1 Å². The second-order valence-electron chi connectivity index (χ2n) is 6.90. The van der Waals surface area contributed by atoms with E-state index in [1.54, 1.807) is 0 Å². The average molecular weight is 347 g/mol. The molecule has 6 nitrogen and oxygen atoms in total. The van der Waals surface area contributed by atoms with Crippen molar-refractivity contribution in [1.82, 2.24) is 5.32 Å². The maximum absolute atomic E-state index is 12.1. The zero-order valence-electron chi connectivity index (χ0n) is 14.4. The Morgan fingerprint density at radius 1 is 1.16 bits per heavy atom. The van der Waals surface area contributed by atoms with Gasteiger partial charge in [-0.05, 0) is 61.8 Å². The van der Waals surface area contributed by atoms with Gasteiger partial charge in [0, 0.05) is 19.8 Å². The van der Waals surface area contributed by atoms with Gasteiger partial charge in [-0.2, -0.15) is 0 Å². The smallest absolute Gasteiger partial charge is 0.311 e. The summed E-state index contributed by atoms with van der Waals surface area (Å²) in [4.78, 5) is 23.6. The number of aliphatic carboxylic acids is 1. The van der Waals surface area contributed by atoms with E-state index in [9.17, 15) is 14.7 Å². The number of benzene rings is 1. The van der Waals surface area contributed by atoms with Crippen LogP contribution in [-0.4, -0.2) is 43.3 Å². The molecule has 0 aromatic heterocycles. The van der Waals surface area contributed by atoms with Crippen molar-refractivity contribution in [1.29, 1.82) is 0 Å². The van der Waals surface area contributed by atoms with Gasteiger partial charge in [0.1, 0.15) is 5.75 Å². The highest BCUT2D eigenvalue weighted by Gasteiger charge is 2.40. The summed E-state index contributed by atoms with van der Waals surface area (Å²) in [7, 11) is 0. The molecular weight excluding hydrogens is 322 g/mol. The first-order valence-corrected chi connectivity index (χ1v) is 8.91. The fourth-order valence-electron chi connectivity index (χ4n) is 3.50. The lowest BCUT2D eigenvalue weighted by molar-refractivity contribution is -0.154. The van der Waals surface area contributed by atoms with Crippen LogP contribution in [0.15, 0.2) is 18.2 Å². The Hall–Kier alpha value is -2.08. The highest BCUT2D eigenvalue weighted by atomic mass is 16.5. The van der Waals surface area contributed by atoms with Crippen molar-refractivity contribution in [3.05, 3.63) is 29.3 Å². The van der Waals surface area contributed by atoms with Crippen molar-refractivity contribution < 1.29 is 24.2 Å². The second-order valence-corrected chi connectivity index (χ2v) is 6.90. The first-order chi connectivity index (χ1) is 12.1. The Bertz CT molecular complexity index is 637. The molecule has 0 atom stereocenters. The molecule has 1 aliphatic carbocycles. The van der Waals surface area contributed by atoms with Crippen LogP contribution in [0.3, 0.4) is 0 Å². The number of hydrogen-bond donors (Lipinski definition) is 2. The van der Waals surface area contributed by atoms with Crippen LogP contribution in [0.5, 0.6) is 5.75 Å². The minimum atomic E-state index is -0.931. The largest absolute Gasteiger partial charge is 0.484 e. The van der Waals surface area contributed by atoms with Crippen LogP contribution in [0.1, 0.15) is 36.8 Å². The van der Waals surface area contributed by atoms with Crippen LogP contribution in [0.2, 0.25) is 0 Å². The number of fused-ring (bicyclic) bond motifs is 1. The van der Waals surface area contributed by atoms with Crippen LogP contribution in [0.4, 0.5) is 0 Å². The number of carboxylic acid groups (broad SMARTS) is 1. The normalized spacial score (nSPS) is 18.9. The first-order valence-electron chi connectivity index (χ1n) is 8.91. The predicted octanol–water partition coefficient (Wildman–Crippen LogP) is 1.94. The maximum atomic E-state index is 12.1. The van der Waals surface area contributed by atoms with E-state index in [1.807, 2.05) is 12.1 Å². The van der Waals surface area contributed by atoms with Gasteiger partial charge < -0.3 is 19.9 Å². The molecule has 1 amide bonds. The Balaban J connectivity index is 1.50. The van der Waals surface area contributed by atoms with Crippen LogP contribution in [0.25, 0.3) is 0 Å². The molecule has 0 saturated carbocycles. The van der Waals surface area contributed by atoms with Gasteiger partial charge in [-0.3, -0.25) is 9.59 Å². The highest BCUT2D eigenvalue weighted by molar-refractivity contribution is 5.80. The summed E-state index contributed by atoms with van der Waals surface area (Å²) in [5.41, 5.74) is 1.74. The molecule has 2 N–H and O–H groups in total. The number of carbonyl (C=O) groups is 2. The molecule has 0 radical (unpaired) electrons. The molecule has 1 fully saturated rings. The Kier molecular flexibility index (Phi) is 5.58. The standard InChI is InChI=1S/C19H25NO5/c21-17(20-13-19(18(22)23)7-9-24-10-8-19)12-25-16-6-5-14-3-1-2-4-15(14)11-16/h5-6,11H,1-4,7-10,12-13H2,(H,20,21)(H,22,23). The average Bonchev–Trinajstić information content (AvgIpc) is 2.65. The van der Waals surface area contributed by atoms with Gasteiger partial charge in [0.2, 0.25) is 0 Å². The maximum Gasteiger partial charge on any atom is 0.311 e. The molecule has 1 saturated heterocycles. The van der Waals surface area contributed by atoms with Crippen molar-refractivity contribution in [3.63, 3.8) is 0 Å². The number of carboxylic acids is 1. The summed E-state index contributed by atoms with van der Waals surface area (Å²) < 4.78 is 10.8. The molecule has 1 heterocycles. The van der Waals surface area contributed by atoms with Crippen molar-refractivity contribution >= 4 is 11.9 Å². The van der Waals surface area contributed by atoms with Gasteiger partial charge >= 0.3 is 5.97 Å². The predicted molar refractivity (Wildman–Crippen MR) is 91.7 cm³/mol. The number of amides is 1. The number of rotatable bonds is 6. The monoisotopic (exact) mass is 347 g/mol. The lowest BCUT2D eigenvalue weighted by atomic mass is 9.80. The second kappa shape index (κ2) is 7.87. The van der Waals surface area contributed by atoms with E-state index in [2.05, 4.69) is 11.4 Å². The van der Waals surface area contributed by atoms with Gasteiger partial charge in [-0.1, -0.05) is 6.07 Å². The third kappa shape index (κ3) is 4.31. The molecule has 1 aliphatic heterocycles. The Morgan fingerprint density at radius 2 is 1.88 bits per heavy atom. The molecule has 2 aliphatic rings.